The molecule has 3 aromatic rings. The zero-order valence-electron chi connectivity index (χ0n) is 17.8. The summed E-state index contributed by atoms with van der Waals surface area (Å²) in [4.78, 5) is 32.4. The summed E-state index contributed by atoms with van der Waals surface area (Å²) in [5, 5.41) is 5.32. The number of nitrogens with zero attached hydrogens (tertiary/aromatic N) is 3. The molecule has 5 nitrogen and oxygen atoms in total. The number of fused-ring (bicyclic) bond motifs is 1. The molecule has 0 radical (unpaired) electrons. The van der Waals surface area contributed by atoms with E-state index >= 15 is 0 Å². The number of benzene rings is 1. The number of para-hydroxylation sites is 1. The van der Waals surface area contributed by atoms with Gasteiger partial charge in [0.25, 0.3) is 5.56 Å². The van der Waals surface area contributed by atoms with Crippen LogP contribution in [0.1, 0.15) is 37.7 Å². The van der Waals surface area contributed by atoms with Crippen molar-refractivity contribution in [1.82, 2.24) is 14.5 Å². The van der Waals surface area contributed by atoms with Crippen molar-refractivity contribution in [2.75, 3.05) is 12.8 Å². The second-order valence-electron chi connectivity index (χ2n) is 7.90. The molecule has 1 aliphatic rings. The van der Waals surface area contributed by atoms with Crippen molar-refractivity contribution >= 4 is 39.9 Å². The van der Waals surface area contributed by atoms with Gasteiger partial charge in [-0.1, -0.05) is 35.5 Å². The molecule has 4 rings (SSSR count). The molecule has 31 heavy (non-hydrogen) atoms. The second kappa shape index (κ2) is 10.3. The van der Waals surface area contributed by atoms with Crippen LogP contribution in [0.2, 0.25) is 0 Å². The average molecular weight is 454 g/mol. The Morgan fingerprint density at radius 1 is 1.26 bits per heavy atom. The molecule has 0 saturated heterocycles. The zero-order valence-corrected chi connectivity index (χ0v) is 19.4. The van der Waals surface area contributed by atoms with E-state index in [9.17, 15) is 9.59 Å². The average Bonchev–Trinajstić information content (AvgIpc) is 3.30. The number of aromatic nitrogens is 2. The number of thioether (sulfide) groups is 1. The number of allylic oxidation sites excluding steroid dienone is 2. The van der Waals surface area contributed by atoms with Gasteiger partial charge >= 0.3 is 0 Å². The molecule has 1 amide bonds. The summed E-state index contributed by atoms with van der Waals surface area (Å²) in [6, 6.07) is 9.48. The number of carbonyl (C=O) groups excluding carboxylic acids is 1. The minimum absolute atomic E-state index is 0.0245. The first-order valence-electron chi connectivity index (χ1n) is 10.7. The molecule has 0 unspecified atom stereocenters. The molecule has 0 fully saturated rings. The highest BCUT2D eigenvalue weighted by atomic mass is 32.2. The molecule has 0 atom stereocenters. The summed E-state index contributed by atoms with van der Waals surface area (Å²) in [5.41, 5.74) is 3.21. The van der Waals surface area contributed by atoms with Crippen molar-refractivity contribution in [3.05, 3.63) is 68.7 Å². The van der Waals surface area contributed by atoms with E-state index < -0.39 is 0 Å². The van der Waals surface area contributed by atoms with Crippen molar-refractivity contribution in [1.29, 1.82) is 0 Å². The van der Waals surface area contributed by atoms with Gasteiger partial charge in [0, 0.05) is 20.1 Å². The van der Waals surface area contributed by atoms with Gasteiger partial charge in [-0.3, -0.25) is 14.2 Å². The normalized spacial score (nSPS) is 13.9. The molecule has 2 aromatic heterocycles. The lowest BCUT2D eigenvalue weighted by atomic mass is 9.97. The maximum atomic E-state index is 13.2. The molecule has 0 saturated carbocycles. The van der Waals surface area contributed by atoms with Gasteiger partial charge < -0.3 is 4.90 Å². The number of thiophene rings is 1. The van der Waals surface area contributed by atoms with Crippen molar-refractivity contribution in [2.24, 2.45) is 0 Å². The van der Waals surface area contributed by atoms with Crippen molar-refractivity contribution < 1.29 is 4.79 Å². The van der Waals surface area contributed by atoms with E-state index in [2.05, 4.69) is 11.5 Å². The van der Waals surface area contributed by atoms with E-state index in [1.54, 1.807) is 20.8 Å². The predicted molar refractivity (Wildman–Crippen MR) is 129 cm³/mol. The predicted octanol–water partition coefficient (Wildman–Crippen LogP) is 5.10. The molecule has 0 aliphatic heterocycles. The number of hydrogen-bond donors (Lipinski definition) is 0. The molecule has 1 aliphatic carbocycles. The summed E-state index contributed by atoms with van der Waals surface area (Å²) in [6.45, 7) is 1.19. The maximum absolute atomic E-state index is 13.2. The summed E-state index contributed by atoms with van der Waals surface area (Å²) in [6.07, 6.45) is 7.90. The summed E-state index contributed by atoms with van der Waals surface area (Å²) in [5.74, 6) is 0.286. The van der Waals surface area contributed by atoms with E-state index in [1.807, 2.05) is 42.8 Å². The Morgan fingerprint density at radius 3 is 2.90 bits per heavy atom. The Labute approximate surface area is 190 Å². The third-order valence-electron chi connectivity index (χ3n) is 5.62. The Bertz CT molecular complexity index is 1140. The lowest BCUT2D eigenvalue weighted by Crippen LogP contribution is -2.29. The fraction of sp³-hybridized carbons (Fsp3) is 0.375. The molecule has 2 heterocycles. The van der Waals surface area contributed by atoms with Crippen LogP contribution in [0.15, 0.2) is 62.7 Å². The van der Waals surface area contributed by atoms with E-state index in [-0.39, 0.29) is 17.2 Å². The quantitative estimate of drug-likeness (QED) is 0.271. The number of amides is 1. The minimum atomic E-state index is -0.0245. The van der Waals surface area contributed by atoms with E-state index in [0.29, 0.717) is 29.1 Å². The first-order valence-corrected chi connectivity index (χ1v) is 12.6. The van der Waals surface area contributed by atoms with Crippen LogP contribution in [0.25, 0.3) is 10.9 Å². The van der Waals surface area contributed by atoms with Gasteiger partial charge in [-0.05, 0) is 66.6 Å². The smallest absolute Gasteiger partial charge is 0.262 e. The highest BCUT2D eigenvalue weighted by molar-refractivity contribution is 7.99. The van der Waals surface area contributed by atoms with Crippen LogP contribution in [0.5, 0.6) is 0 Å². The van der Waals surface area contributed by atoms with E-state index in [1.165, 1.54) is 30.2 Å². The van der Waals surface area contributed by atoms with Crippen LogP contribution in [-0.2, 0) is 17.9 Å². The van der Waals surface area contributed by atoms with Gasteiger partial charge in [0.05, 0.1) is 16.7 Å². The monoisotopic (exact) mass is 453 g/mol. The van der Waals surface area contributed by atoms with Crippen LogP contribution in [0, 0.1) is 0 Å². The van der Waals surface area contributed by atoms with E-state index in [4.69, 9.17) is 4.98 Å². The van der Waals surface area contributed by atoms with Gasteiger partial charge in [0.1, 0.15) is 0 Å². The first kappa shape index (κ1) is 21.8. The Hall–Kier alpha value is -2.38. The molecule has 7 heteroatoms. The van der Waals surface area contributed by atoms with Crippen LogP contribution >= 0.6 is 23.1 Å². The fourth-order valence-electron chi connectivity index (χ4n) is 3.82. The molecule has 1 aromatic carbocycles. The van der Waals surface area contributed by atoms with Gasteiger partial charge in [-0.25, -0.2) is 4.98 Å². The molecular formula is C24H27N3O2S2. The fourth-order valence-corrected chi connectivity index (χ4v) is 5.45. The molecule has 0 N–H and O–H groups in total. The second-order valence-corrected chi connectivity index (χ2v) is 9.62. The minimum Gasteiger partial charge on any atom is -0.341 e. The zero-order chi connectivity index (χ0) is 21.6. The molecular weight excluding hydrogens is 426 g/mol. The van der Waals surface area contributed by atoms with Crippen molar-refractivity contribution in [2.45, 2.75) is 50.4 Å². The molecule has 162 valence electrons. The standard InChI is InChI=1S/C24H27N3O2S2/c1-26(15-19-12-14-30-16-19)22(28)17-31-24-25-21-10-6-5-9-20(21)23(29)27(24)13-11-18-7-3-2-4-8-18/h5-7,9-10,12,14,16H,2-4,8,11,13,15,17H2,1H3. The Balaban J connectivity index is 1.52. The summed E-state index contributed by atoms with van der Waals surface area (Å²) < 4.78 is 1.76. The Morgan fingerprint density at radius 2 is 2.13 bits per heavy atom. The lowest BCUT2D eigenvalue weighted by Gasteiger charge is -2.18. The third-order valence-corrected chi connectivity index (χ3v) is 7.31. The van der Waals surface area contributed by atoms with Crippen molar-refractivity contribution in [3.63, 3.8) is 0 Å². The lowest BCUT2D eigenvalue weighted by molar-refractivity contribution is -0.127. The van der Waals surface area contributed by atoms with Crippen LogP contribution in [-0.4, -0.2) is 33.2 Å². The number of rotatable bonds is 8. The van der Waals surface area contributed by atoms with Gasteiger partial charge in [0.2, 0.25) is 5.91 Å². The van der Waals surface area contributed by atoms with Crippen LogP contribution in [0.4, 0.5) is 0 Å². The summed E-state index contributed by atoms with van der Waals surface area (Å²) in [7, 11) is 1.82. The van der Waals surface area contributed by atoms with Crippen molar-refractivity contribution in [3.8, 4) is 0 Å². The van der Waals surface area contributed by atoms with Gasteiger partial charge in [-0.2, -0.15) is 11.3 Å². The van der Waals surface area contributed by atoms with Crippen LogP contribution < -0.4 is 5.56 Å². The van der Waals surface area contributed by atoms with E-state index in [0.717, 1.165) is 24.8 Å². The highest BCUT2D eigenvalue weighted by Gasteiger charge is 2.16. The number of carbonyl (C=O) groups is 1. The van der Waals surface area contributed by atoms with Crippen LogP contribution in [0.3, 0.4) is 0 Å². The SMILES string of the molecule is CN(Cc1ccsc1)C(=O)CSc1nc2ccccc2c(=O)n1CCC1=CCCCC1. The first-order chi connectivity index (χ1) is 15.1. The summed E-state index contributed by atoms with van der Waals surface area (Å²) >= 11 is 2.98. The highest BCUT2D eigenvalue weighted by Crippen LogP contribution is 2.23. The maximum Gasteiger partial charge on any atom is 0.262 e. The number of hydrogen-bond acceptors (Lipinski definition) is 5. The topological polar surface area (TPSA) is 55.2 Å². The Kier molecular flexibility index (Phi) is 7.25. The molecule has 0 spiro atoms. The molecule has 0 bridgehead atoms. The largest absolute Gasteiger partial charge is 0.341 e. The third kappa shape index (κ3) is 5.46. The van der Waals surface area contributed by atoms with Gasteiger partial charge in [0.15, 0.2) is 5.16 Å². The van der Waals surface area contributed by atoms with Gasteiger partial charge in [-0.15, -0.1) is 0 Å².